The predicted octanol–water partition coefficient (Wildman–Crippen LogP) is 5.35. The molecule has 17 heavy (non-hydrogen) atoms. The van der Waals surface area contributed by atoms with Crippen LogP contribution in [0.25, 0.3) is 11.3 Å². The van der Waals surface area contributed by atoms with Gasteiger partial charge in [0.2, 0.25) is 0 Å². The minimum Gasteiger partial charge on any atom is -0.229 e. The summed E-state index contributed by atoms with van der Waals surface area (Å²) in [5.74, 6) is 0. The molecule has 0 aliphatic rings. The molecule has 2 rings (SSSR count). The van der Waals surface area contributed by atoms with E-state index >= 15 is 0 Å². The van der Waals surface area contributed by atoms with Crippen LogP contribution >= 0.6 is 43.2 Å². The summed E-state index contributed by atoms with van der Waals surface area (Å²) < 4.78 is 38.5. The molecule has 0 unspecified atom stereocenters. The van der Waals surface area contributed by atoms with Crippen LogP contribution in [0.4, 0.5) is 13.2 Å². The molecular formula is C10H4Br2F3NS. The molecule has 0 radical (unpaired) electrons. The molecule has 1 nitrogen and oxygen atoms in total. The fourth-order valence-corrected chi connectivity index (χ4v) is 2.87. The van der Waals surface area contributed by atoms with Crippen molar-refractivity contribution in [1.29, 1.82) is 0 Å². The Labute approximate surface area is 116 Å². The molecule has 0 saturated carbocycles. The number of thiazole rings is 1. The SMILES string of the molecule is FC(F)(F)c1ccc(-c2csc(Br)n2)c(Br)c1. The lowest BCUT2D eigenvalue weighted by Crippen LogP contribution is -2.04. The summed E-state index contributed by atoms with van der Waals surface area (Å²) >= 11 is 7.73. The second-order valence-corrected chi connectivity index (χ2v) is 6.17. The van der Waals surface area contributed by atoms with E-state index in [1.165, 1.54) is 17.4 Å². The first-order valence-electron chi connectivity index (χ1n) is 4.36. The summed E-state index contributed by atoms with van der Waals surface area (Å²) in [6.07, 6.45) is -4.33. The van der Waals surface area contributed by atoms with E-state index in [0.717, 1.165) is 12.1 Å². The molecule has 0 atom stereocenters. The summed E-state index contributed by atoms with van der Waals surface area (Å²) in [4.78, 5) is 4.16. The van der Waals surface area contributed by atoms with E-state index < -0.39 is 11.7 Å². The van der Waals surface area contributed by atoms with Crippen molar-refractivity contribution in [3.63, 3.8) is 0 Å². The van der Waals surface area contributed by atoms with Crippen molar-refractivity contribution in [2.45, 2.75) is 6.18 Å². The van der Waals surface area contributed by atoms with E-state index in [9.17, 15) is 13.2 Å². The maximum atomic E-state index is 12.5. The summed E-state index contributed by atoms with van der Waals surface area (Å²) in [6, 6.07) is 3.52. The van der Waals surface area contributed by atoms with Gasteiger partial charge in [-0.2, -0.15) is 13.2 Å². The molecule has 7 heteroatoms. The molecule has 0 N–H and O–H groups in total. The first-order valence-corrected chi connectivity index (χ1v) is 6.82. The van der Waals surface area contributed by atoms with Crippen LogP contribution in [0.3, 0.4) is 0 Å². The first-order chi connectivity index (χ1) is 7.88. The van der Waals surface area contributed by atoms with Gasteiger partial charge in [0.05, 0.1) is 11.3 Å². The molecule has 0 amide bonds. The Bertz CT molecular complexity index is 551. The highest BCUT2D eigenvalue weighted by Crippen LogP contribution is 2.36. The maximum Gasteiger partial charge on any atom is 0.416 e. The highest BCUT2D eigenvalue weighted by Gasteiger charge is 2.30. The van der Waals surface area contributed by atoms with Crippen molar-refractivity contribution < 1.29 is 13.2 Å². The van der Waals surface area contributed by atoms with Crippen molar-refractivity contribution >= 4 is 43.2 Å². The minimum absolute atomic E-state index is 0.380. The number of aromatic nitrogens is 1. The fourth-order valence-electron chi connectivity index (χ4n) is 1.27. The van der Waals surface area contributed by atoms with Crippen molar-refractivity contribution in [2.75, 3.05) is 0 Å². The van der Waals surface area contributed by atoms with Crippen molar-refractivity contribution in [3.8, 4) is 11.3 Å². The van der Waals surface area contributed by atoms with Crippen LogP contribution in [-0.4, -0.2) is 4.98 Å². The van der Waals surface area contributed by atoms with Gasteiger partial charge >= 0.3 is 6.18 Å². The average molecular weight is 387 g/mol. The quantitative estimate of drug-likeness (QED) is 0.643. The molecule has 1 aromatic heterocycles. The summed E-state index contributed by atoms with van der Waals surface area (Å²) in [6.45, 7) is 0. The standard InChI is InChI=1S/C10H4Br2F3NS/c11-7-3-5(10(13,14)15)1-2-6(7)8-4-17-9(12)16-8/h1-4H. The fraction of sp³-hybridized carbons (Fsp3) is 0.100. The molecule has 0 fully saturated rings. The van der Waals surface area contributed by atoms with Crippen LogP contribution in [0.15, 0.2) is 32.0 Å². The van der Waals surface area contributed by atoms with Crippen molar-refractivity contribution in [1.82, 2.24) is 4.98 Å². The van der Waals surface area contributed by atoms with E-state index in [-0.39, 0.29) is 0 Å². The molecule has 0 spiro atoms. The third-order valence-corrected chi connectivity index (χ3v) is 4.07. The Morgan fingerprint density at radius 1 is 1.18 bits per heavy atom. The second kappa shape index (κ2) is 4.70. The topological polar surface area (TPSA) is 12.9 Å². The molecule has 2 aromatic rings. The number of benzene rings is 1. The van der Waals surface area contributed by atoms with Gasteiger partial charge < -0.3 is 0 Å². The molecule has 90 valence electrons. The highest BCUT2D eigenvalue weighted by molar-refractivity contribution is 9.11. The second-order valence-electron chi connectivity index (χ2n) is 3.18. The third-order valence-electron chi connectivity index (χ3n) is 2.05. The lowest BCUT2D eigenvalue weighted by molar-refractivity contribution is -0.137. The van der Waals surface area contributed by atoms with Crippen molar-refractivity contribution in [2.24, 2.45) is 0 Å². The van der Waals surface area contributed by atoms with Crippen LogP contribution in [0, 0.1) is 0 Å². The monoisotopic (exact) mass is 385 g/mol. The van der Waals surface area contributed by atoms with Gasteiger partial charge in [-0.15, -0.1) is 11.3 Å². The molecule has 1 heterocycles. The first kappa shape index (κ1) is 13.0. The lowest BCUT2D eigenvalue weighted by Gasteiger charge is -2.08. The van der Waals surface area contributed by atoms with Gasteiger partial charge in [-0.3, -0.25) is 0 Å². The van der Waals surface area contributed by atoms with Gasteiger partial charge in [-0.05, 0) is 28.1 Å². The predicted molar refractivity (Wildman–Crippen MR) is 68.0 cm³/mol. The van der Waals surface area contributed by atoms with E-state index in [4.69, 9.17) is 0 Å². The molecule has 0 saturated heterocycles. The maximum absolute atomic E-state index is 12.5. The summed E-state index contributed by atoms with van der Waals surface area (Å²) in [7, 11) is 0. The Kier molecular flexibility index (Phi) is 3.61. The Morgan fingerprint density at radius 3 is 2.35 bits per heavy atom. The molecule has 0 aliphatic heterocycles. The highest BCUT2D eigenvalue weighted by atomic mass is 79.9. The van der Waals surface area contributed by atoms with Gasteiger partial charge in [0, 0.05) is 15.4 Å². The van der Waals surface area contributed by atoms with E-state index in [1.807, 2.05) is 0 Å². The Balaban J connectivity index is 2.45. The molecule has 0 bridgehead atoms. The van der Waals surface area contributed by atoms with Crippen LogP contribution < -0.4 is 0 Å². The number of hydrogen-bond acceptors (Lipinski definition) is 2. The Hall–Kier alpha value is -0.400. The van der Waals surface area contributed by atoms with Gasteiger partial charge in [-0.25, -0.2) is 4.98 Å². The number of halogens is 5. The van der Waals surface area contributed by atoms with Crippen LogP contribution in [0.5, 0.6) is 0 Å². The van der Waals surface area contributed by atoms with Gasteiger partial charge in [0.25, 0.3) is 0 Å². The van der Waals surface area contributed by atoms with Gasteiger partial charge in [0.1, 0.15) is 0 Å². The van der Waals surface area contributed by atoms with E-state index in [0.29, 0.717) is 19.6 Å². The summed E-state index contributed by atoms with van der Waals surface area (Å²) in [5, 5.41) is 1.78. The zero-order valence-electron chi connectivity index (χ0n) is 8.05. The van der Waals surface area contributed by atoms with Crippen LogP contribution in [0.2, 0.25) is 0 Å². The van der Waals surface area contributed by atoms with Gasteiger partial charge in [-0.1, -0.05) is 22.0 Å². The minimum atomic E-state index is -4.33. The Morgan fingerprint density at radius 2 is 1.88 bits per heavy atom. The average Bonchev–Trinajstić information content (AvgIpc) is 2.63. The largest absolute Gasteiger partial charge is 0.416 e. The smallest absolute Gasteiger partial charge is 0.229 e. The zero-order valence-corrected chi connectivity index (χ0v) is 12.0. The number of hydrogen-bond donors (Lipinski definition) is 0. The number of nitrogens with zero attached hydrogens (tertiary/aromatic N) is 1. The van der Waals surface area contributed by atoms with E-state index in [2.05, 4.69) is 36.8 Å². The summed E-state index contributed by atoms with van der Waals surface area (Å²) in [5.41, 5.74) is 0.602. The third kappa shape index (κ3) is 2.89. The van der Waals surface area contributed by atoms with Crippen LogP contribution in [0.1, 0.15) is 5.56 Å². The lowest BCUT2D eigenvalue weighted by atomic mass is 10.1. The van der Waals surface area contributed by atoms with Crippen LogP contribution in [-0.2, 0) is 6.18 Å². The number of alkyl halides is 3. The zero-order chi connectivity index (χ0) is 12.6. The van der Waals surface area contributed by atoms with E-state index in [1.54, 1.807) is 5.38 Å². The normalized spacial score (nSPS) is 11.8. The number of rotatable bonds is 1. The molecule has 1 aromatic carbocycles. The molecule has 0 aliphatic carbocycles. The van der Waals surface area contributed by atoms with Gasteiger partial charge in [0.15, 0.2) is 3.92 Å². The van der Waals surface area contributed by atoms with Crippen molar-refractivity contribution in [3.05, 3.63) is 37.5 Å². The molecular weight excluding hydrogens is 383 g/mol.